The number of ether oxygens (including phenoxy) is 2. The maximum atomic E-state index is 5.79. The van der Waals surface area contributed by atoms with Crippen LogP contribution in [0.5, 0.6) is 0 Å². The van der Waals surface area contributed by atoms with Crippen molar-refractivity contribution >= 4 is 0 Å². The molecule has 0 saturated heterocycles. The Bertz CT molecular complexity index is 314. The monoisotopic (exact) mass is 366 g/mol. The van der Waals surface area contributed by atoms with Gasteiger partial charge in [0.1, 0.15) is 0 Å². The van der Waals surface area contributed by atoms with Crippen LogP contribution >= 0.6 is 0 Å². The van der Waals surface area contributed by atoms with Crippen molar-refractivity contribution in [1.29, 1.82) is 0 Å². The average molecular weight is 367 g/mol. The van der Waals surface area contributed by atoms with Crippen LogP contribution < -0.4 is 0 Å². The van der Waals surface area contributed by atoms with Crippen LogP contribution in [-0.4, -0.2) is 26.4 Å². The second-order valence-electron chi connectivity index (χ2n) is 9.12. The molecule has 154 valence electrons. The van der Waals surface area contributed by atoms with E-state index in [0.29, 0.717) is 0 Å². The fourth-order valence-corrected chi connectivity index (χ4v) is 5.16. The summed E-state index contributed by atoms with van der Waals surface area (Å²) in [6, 6.07) is 0. The van der Waals surface area contributed by atoms with Crippen molar-refractivity contribution in [2.75, 3.05) is 26.4 Å². The molecule has 0 aliphatic heterocycles. The topological polar surface area (TPSA) is 18.5 Å². The van der Waals surface area contributed by atoms with E-state index in [4.69, 9.17) is 9.47 Å². The average Bonchev–Trinajstić information content (AvgIpc) is 2.68. The molecule has 0 atom stereocenters. The van der Waals surface area contributed by atoms with E-state index in [9.17, 15) is 0 Å². The van der Waals surface area contributed by atoms with Crippen molar-refractivity contribution in [2.45, 2.75) is 104 Å². The molecule has 2 nitrogen and oxygen atoms in total. The summed E-state index contributed by atoms with van der Waals surface area (Å²) in [6.07, 6.45) is 20.6. The second kappa shape index (κ2) is 14.0. The molecule has 2 saturated carbocycles. The quantitative estimate of drug-likeness (QED) is 0.326. The van der Waals surface area contributed by atoms with Gasteiger partial charge in [-0.15, -0.1) is 0 Å². The van der Waals surface area contributed by atoms with E-state index in [1.165, 1.54) is 89.9 Å². The first-order chi connectivity index (χ1) is 12.8. The first-order valence-electron chi connectivity index (χ1n) is 12.0. The van der Waals surface area contributed by atoms with Crippen LogP contribution in [0.15, 0.2) is 0 Å². The minimum absolute atomic E-state index is 0.757. The smallest absolute Gasteiger partial charge is 0.0700 e. The van der Waals surface area contributed by atoms with E-state index in [1.807, 2.05) is 6.92 Å². The van der Waals surface area contributed by atoms with Crippen LogP contribution in [0.3, 0.4) is 0 Å². The zero-order chi connectivity index (χ0) is 18.5. The fraction of sp³-hybridized carbons (Fsp3) is 1.00. The highest BCUT2D eigenvalue weighted by Gasteiger charge is 2.24. The van der Waals surface area contributed by atoms with Crippen LogP contribution in [-0.2, 0) is 9.47 Å². The summed E-state index contributed by atoms with van der Waals surface area (Å²) in [5.74, 6) is 3.94. The zero-order valence-electron chi connectivity index (χ0n) is 17.9. The van der Waals surface area contributed by atoms with E-state index in [1.54, 1.807) is 0 Å². The first kappa shape index (κ1) is 22.2. The molecule has 2 rings (SSSR count). The molecule has 0 unspecified atom stereocenters. The molecule has 0 N–H and O–H groups in total. The van der Waals surface area contributed by atoms with Crippen LogP contribution in [0.25, 0.3) is 0 Å². The largest absolute Gasteiger partial charge is 0.379 e. The van der Waals surface area contributed by atoms with Gasteiger partial charge in [0.15, 0.2) is 0 Å². The molecule has 0 heterocycles. The molecule has 0 aromatic heterocycles. The second-order valence-corrected chi connectivity index (χ2v) is 9.12. The molecule has 0 radical (unpaired) electrons. The molecule has 0 bridgehead atoms. The maximum absolute atomic E-state index is 5.79. The molecule has 26 heavy (non-hydrogen) atoms. The third-order valence-electron chi connectivity index (χ3n) is 7.06. The molecular weight excluding hydrogens is 320 g/mol. The molecule has 0 spiro atoms. The van der Waals surface area contributed by atoms with E-state index >= 15 is 0 Å². The minimum atomic E-state index is 0.757. The lowest BCUT2D eigenvalue weighted by molar-refractivity contribution is 0.0278. The Morgan fingerprint density at radius 2 is 1.08 bits per heavy atom. The lowest BCUT2D eigenvalue weighted by atomic mass is 9.75. The highest BCUT2D eigenvalue weighted by atomic mass is 16.5. The highest BCUT2D eigenvalue weighted by molar-refractivity contribution is 4.77. The molecule has 2 aliphatic rings. The Morgan fingerprint density at radius 1 is 0.577 bits per heavy atom. The third kappa shape index (κ3) is 9.22. The number of unbranched alkanes of at least 4 members (excludes halogenated alkanes) is 2. The van der Waals surface area contributed by atoms with Crippen LogP contribution in [0.1, 0.15) is 104 Å². The summed E-state index contributed by atoms with van der Waals surface area (Å²) >= 11 is 0. The van der Waals surface area contributed by atoms with Gasteiger partial charge in [-0.25, -0.2) is 0 Å². The predicted octanol–water partition coefficient (Wildman–Crippen LogP) is 7.01. The standard InChI is InChI=1S/C24H46O2/c1-3-5-6-7-21-8-10-22(11-9-21)12-13-23-14-16-24(17-15-23)20-26-19-18-25-4-2/h21-24H,3-20H2,1-2H3/t21-,22-,23-,24-. The predicted molar refractivity (Wildman–Crippen MR) is 112 cm³/mol. The van der Waals surface area contributed by atoms with Gasteiger partial charge in [0.2, 0.25) is 0 Å². The van der Waals surface area contributed by atoms with Crippen molar-refractivity contribution in [2.24, 2.45) is 23.7 Å². The number of hydrogen-bond donors (Lipinski definition) is 0. The summed E-state index contributed by atoms with van der Waals surface area (Å²) < 4.78 is 11.1. The molecule has 0 aromatic carbocycles. The molecule has 0 aromatic rings. The van der Waals surface area contributed by atoms with Gasteiger partial charge in [-0.3, -0.25) is 0 Å². The summed E-state index contributed by atoms with van der Waals surface area (Å²) in [6.45, 7) is 7.65. The first-order valence-corrected chi connectivity index (χ1v) is 12.0. The fourth-order valence-electron chi connectivity index (χ4n) is 5.16. The number of rotatable bonds is 13. The van der Waals surface area contributed by atoms with E-state index in [2.05, 4.69) is 6.92 Å². The molecule has 2 fully saturated rings. The van der Waals surface area contributed by atoms with Crippen LogP contribution in [0.4, 0.5) is 0 Å². The van der Waals surface area contributed by atoms with Crippen LogP contribution in [0.2, 0.25) is 0 Å². The van der Waals surface area contributed by atoms with Gasteiger partial charge in [-0.05, 0) is 43.4 Å². The van der Waals surface area contributed by atoms with Crippen molar-refractivity contribution in [3.63, 3.8) is 0 Å². The summed E-state index contributed by atoms with van der Waals surface area (Å²) in [4.78, 5) is 0. The van der Waals surface area contributed by atoms with Gasteiger partial charge >= 0.3 is 0 Å². The van der Waals surface area contributed by atoms with Crippen molar-refractivity contribution in [3.8, 4) is 0 Å². The van der Waals surface area contributed by atoms with Crippen LogP contribution in [0, 0.1) is 23.7 Å². The van der Waals surface area contributed by atoms with Gasteiger partial charge in [0.25, 0.3) is 0 Å². The molecular formula is C24H46O2. The van der Waals surface area contributed by atoms with Gasteiger partial charge in [-0.1, -0.05) is 84.0 Å². The Hall–Kier alpha value is -0.0800. The van der Waals surface area contributed by atoms with E-state index < -0.39 is 0 Å². The van der Waals surface area contributed by atoms with Crippen molar-refractivity contribution in [3.05, 3.63) is 0 Å². The molecule has 2 aliphatic carbocycles. The Kier molecular flexibility index (Phi) is 12.0. The molecule has 0 amide bonds. The Labute approximate surface area is 163 Å². The Balaban J connectivity index is 1.46. The van der Waals surface area contributed by atoms with Gasteiger partial charge in [0.05, 0.1) is 13.2 Å². The van der Waals surface area contributed by atoms with Gasteiger partial charge < -0.3 is 9.47 Å². The van der Waals surface area contributed by atoms with Crippen molar-refractivity contribution in [1.82, 2.24) is 0 Å². The molecule has 2 heteroatoms. The SMILES string of the molecule is CCCCC[C@H]1CC[C@H](CC[C@H]2CC[C@H](COCCOCC)CC2)CC1. The zero-order valence-corrected chi connectivity index (χ0v) is 17.9. The summed E-state index contributed by atoms with van der Waals surface area (Å²) in [7, 11) is 0. The van der Waals surface area contributed by atoms with Gasteiger partial charge in [0, 0.05) is 13.2 Å². The van der Waals surface area contributed by atoms with Crippen molar-refractivity contribution < 1.29 is 9.47 Å². The normalized spacial score (nSPS) is 29.8. The lowest BCUT2D eigenvalue weighted by Crippen LogP contribution is -2.21. The van der Waals surface area contributed by atoms with E-state index in [0.717, 1.165) is 50.1 Å². The number of hydrogen-bond acceptors (Lipinski definition) is 2. The Morgan fingerprint density at radius 3 is 1.62 bits per heavy atom. The lowest BCUT2D eigenvalue weighted by Gasteiger charge is -2.32. The van der Waals surface area contributed by atoms with Gasteiger partial charge in [-0.2, -0.15) is 0 Å². The highest BCUT2D eigenvalue weighted by Crippen LogP contribution is 2.37. The summed E-state index contributed by atoms with van der Waals surface area (Å²) in [5.41, 5.74) is 0. The minimum Gasteiger partial charge on any atom is -0.379 e. The summed E-state index contributed by atoms with van der Waals surface area (Å²) in [5, 5.41) is 0. The van der Waals surface area contributed by atoms with E-state index in [-0.39, 0.29) is 0 Å². The maximum Gasteiger partial charge on any atom is 0.0700 e. The third-order valence-corrected chi connectivity index (χ3v) is 7.06.